The third-order valence-electron chi connectivity index (χ3n) is 2.86. The summed E-state index contributed by atoms with van der Waals surface area (Å²) in [6.07, 6.45) is 0. The molecular weight excluding hydrogens is 264 g/mol. The molecule has 0 bridgehead atoms. The lowest BCUT2D eigenvalue weighted by Crippen LogP contribution is -1.81. The van der Waals surface area contributed by atoms with E-state index in [1.165, 1.54) is 20.5 Å². The van der Waals surface area contributed by atoms with Gasteiger partial charge in [0.1, 0.15) is 5.75 Å². The third kappa shape index (κ3) is 2.09. The Morgan fingerprint density at radius 1 is 1.00 bits per heavy atom. The van der Waals surface area contributed by atoms with Crippen LogP contribution in [0.25, 0.3) is 20.5 Å². The molecule has 0 atom stereocenters. The Morgan fingerprint density at radius 2 is 1.78 bits per heavy atom. The number of fused-ring (bicyclic) bond motifs is 1. The highest BCUT2D eigenvalue weighted by atomic mass is 35.5. The Labute approximate surface area is 115 Å². The van der Waals surface area contributed by atoms with Gasteiger partial charge in [-0.2, -0.15) is 0 Å². The maximum atomic E-state index is 6.00. The molecule has 1 heterocycles. The molecule has 0 spiro atoms. The molecule has 0 amide bonds. The van der Waals surface area contributed by atoms with Gasteiger partial charge in [-0.15, -0.1) is 11.3 Å². The van der Waals surface area contributed by atoms with Crippen LogP contribution in [0.4, 0.5) is 0 Å². The quantitative estimate of drug-likeness (QED) is 0.622. The maximum Gasteiger partial charge on any atom is 0.118 e. The molecule has 90 valence electrons. The monoisotopic (exact) mass is 274 g/mol. The second kappa shape index (κ2) is 4.63. The first kappa shape index (κ1) is 11.6. The fourth-order valence-electron chi connectivity index (χ4n) is 1.90. The molecule has 18 heavy (non-hydrogen) atoms. The molecule has 0 N–H and O–H groups in total. The summed E-state index contributed by atoms with van der Waals surface area (Å²) in [7, 11) is 1.68. The van der Waals surface area contributed by atoms with Gasteiger partial charge in [0.25, 0.3) is 0 Å². The molecule has 0 unspecified atom stereocenters. The fraction of sp³-hybridized carbons (Fsp3) is 0.0667. The number of methoxy groups -OCH3 is 1. The van der Waals surface area contributed by atoms with E-state index in [2.05, 4.69) is 24.3 Å². The van der Waals surface area contributed by atoms with E-state index < -0.39 is 0 Å². The van der Waals surface area contributed by atoms with Gasteiger partial charge in [0.05, 0.1) is 7.11 Å². The van der Waals surface area contributed by atoms with Gasteiger partial charge in [0, 0.05) is 14.6 Å². The smallest absolute Gasteiger partial charge is 0.118 e. The number of benzene rings is 2. The van der Waals surface area contributed by atoms with Gasteiger partial charge < -0.3 is 4.74 Å². The van der Waals surface area contributed by atoms with Crippen LogP contribution in [0.2, 0.25) is 5.02 Å². The van der Waals surface area contributed by atoms with E-state index in [1.807, 2.05) is 24.3 Å². The number of rotatable bonds is 2. The molecule has 0 saturated heterocycles. The summed E-state index contributed by atoms with van der Waals surface area (Å²) >= 11 is 7.76. The lowest BCUT2D eigenvalue weighted by Gasteiger charge is -2.00. The summed E-state index contributed by atoms with van der Waals surface area (Å²) in [4.78, 5) is 1.25. The van der Waals surface area contributed by atoms with Crippen molar-refractivity contribution in [2.24, 2.45) is 0 Å². The van der Waals surface area contributed by atoms with E-state index in [-0.39, 0.29) is 0 Å². The minimum absolute atomic E-state index is 0.783. The standard InChI is InChI=1S/C15H11ClOS/c1-17-13-6-3-10(4-7-13)14-8-11-2-5-12(16)9-15(11)18-14/h2-9H,1H3. The number of hydrogen-bond donors (Lipinski definition) is 0. The highest BCUT2D eigenvalue weighted by Crippen LogP contribution is 2.35. The van der Waals surface area contributed by atoms with Crippen LogP contribution in [0.3, 0.4) is 0 Å². The van der Waals surface area contributed by atoms with Gasteiger partial charge in [-0.3, -0.25) is 0 Å². The summed E-state index contributed by atoms with van der Waals surface area (Å²) in [5, 5.41) is 2.01. The predicted molar refractivity (Wildman–Crippen MR) is 78.8 cm³/mol. The number of thiophene rings is 1. The van der Waals surface area contributed by atoms with Crippen molar-refractivity contribution >= 4 is 33.0 Å². The molecule has 0 aliphatic carbocycles. The van der Waals surface area contributed by atoms with E-state index >= 15 is 0 Å². The Morgan fingerprint density at radius 3 is 2.50 bits per heavy atom. The maximum absolute atomic E-state index is 6.00. The van der Waals surface area contributed by atoms with E-state index in [4.69, 9.17) is 16.3 Å². The highest BCUT2D eigenvalue weighted by Gasteiger charge is 2.05. The van der Waals surface area contributed by atoms with Crippen molar-refractivity contribution in [2.45, 2.75) is 0 Å². The van der Waals surface area contributed by atoms with E-state index in [1.54, 1.807) is 18.4 Å². The minimum atomic E-state index is 0.783. The predicted octanol–water partition coefficient (Wildman–Crippen LogP) is 5.23. The first-order valence-electron chi connectivity index (χ1n) is 5.60. The SMILES string of the molecule is COc1ccc(-c2cc3ccc(Cl)cc3s2)cc1. The van der Waals surface area contributed by atoms with Crippen molar-refractivity contribution in [3.05, 3.63) is 53.6 Å². The average Bonchev–Trinajstić information content (AvgIpc) is 2.81. The second-order valence-corrected chi connectivity index (χ2v) is 5.54. The number of halogens is 1. The molecule has 0 aliphatic rings. The van der Waals surface area contributed by atoms with Crippen LogP contribution >= 0.6 is 22.9 Å². The Balaban J connectivity index is 2.07. The van der Waals surface area contributed by atoms with E-state index in [0.717, 1.165) is 10.8 Å². The van der Waals surface area contributed by atoms with Crippen LogP contribution in [0, 0.1) is 0 Å². The summed E-state index contributed by atoms with van der Waals surface area (Å²) in [5.74, 6) is 0.878. The molecule has 0 aliphatic heterocycles. The third-order valence-corrected chi connectivity index (χ3v) is 4.24. The molecule has 2 aromatic carbocycles. The van der Waals surface area contributed by atoms with Crippen LogP contribution in [-0.2, 0) is 0 Å². The topological polar surface area (TPSA) is 9.23 Å². The first-order chi connectivity index (χ1) is 8.76. The van der Waals surface area contributed by atoms with Crippen molar-refractivity contribution in [2.75, 3.05) is 7.11 Å². The average molecular weight is 275 g/mol. The summed E-state index contributed by atoms with van der Waals surface area (Å²) in [6, 6.07) is 16.3. The summed E-state index contributed by atoms with van der Waals surface area (Å²) in [5.41, 5.74) is 1.20. The van der Waals surface area contributed by atoms with Gasteiger partial charge in [0.2, 0.25) is 0 Å². The molecule has 1 aromatic heterocycles. The highest BCUT2D eigenvalue weighted by molar-refractivity contribution is 7.22. The summed E-state index contributed by atoms with van der Waals surface area (Å²) < 4.78 is 6.38. The van der Waals surface area contributed by atoms with Crippen molar-refractivity contribution in [3.8, 4) is 16.2 Å². The molecule has 0 saturated carbocycles. The zero-order chi connectivity index (χ0) is 12.5. The Bertz CT molecular complexity index is 685. The van der Waals surface area contributed by atoms with Gasteiger partial charge in [0.15, 0.2) is 0 Å². The zero-order valence-electron chi connectivity index (χ0n) is 9.81. The van der Waals surface area contributed by atoms with Crippen LogP contribution in [0.1, 0.15) is 0 Å². The van der Waals surface area contributed by atoms with Crippen molar-refractivity contribution < 1.29 is 4.74 Å². The lowest BCUT2D eigenvalue weighted by atomic mass is 10.1. The van der Waals surface area contributed by atoms with Crippen molar-refractivity contribution in [3.63, 3.8) is 0 Å². The molecule has 3 aromatic rings. The molecular formula is C15H11ClOS. The van der Waals surface area contributed by atoms with Crippen molar-refractivity contribution in [1.29, 1.82) is 0 Å². The van der Waals surface area contributed by atoms with Gasteiger partial charge >= 0.3 is 0 Å². The molecule has 3 heteroatoms. The molecule has 1 nitrogen and oxygen atoms in total. The zero-order valence-corrected chi connectivity index (χ0v) is 11.4. The molecule has 0 fully saturated rings. The summed E-state index contributed by atoms with van der Waals surface area (Å²) in [6.45, 7) is 0. The van der Waals surface area contributed by atoms with E-state index in [9.17, 15) is 0 Å². The van der Waals surface area contributed by atoms with Gasteiger partial charge in [-0.05, 0) is 53.4 Å². The first-order valence-corrected chi connectivity index (χ1v) is 6.79. The lowest BCUT2D eigenvalue weighted by molar-refractivity contribution is 0.415. The molecule has 0 radical (unpaired) electrons. The Hall–Kier alpha value is -1.51. The van der Waals surface area contributed by atoms with Gasteiger partial charge in [-0.25, -0.2) is 0 Å². The normalized spacial score (nSPS) is 10.8. The second-order valence-electron chi connectivity index (χ2n) is 4.02. The number of hydrogen-bond acceptors (Lipinski definition) is 2. The molecule has 3 rings (SSSR count). The van der Waals surface area contributed by atoms with Gasteiger partial charge in [-0.1, -0.05) is 17.7 Å². The van der Waals surface area contributed by atoms with Crippen LogP contribution in [0.15, 0.2) is 48.5 Å². The van der Waals surface area contributed by atoms with Crippen LogP contribution in [-0.4, -0.2) is 7.11 Å². The van der Waals surface area contributed by atoms with Crippen LogP contribution in [0.5, 0.6) is 5.75 Å². The largest absolute Gasteiger partial charge is 0.497 e. The van der Waals surface area contributed by atoms with Crippen LogP contribution < -0.4 is 4.74 Å². The van der Waals surface area contributed by atoms with Crippen molar-refractivity contribution in [1.82, 2.24) is 0 Å². The fourth-order valence-corrected chi connectivity index (χ4v) is 3.25. The minimum Gasteiger partial charge on any atom is -0.497 e. The number of ether oxygens (including phenoxy) is 1. The van der Waals surface area contributed by atoms with E-state index in [0.29, 0.717) is 0 Å². The Kier molecular flexibility index (Phi) is 2.98.